The van der Waals surface area contributed by atoms with Crippen LogP contribution < -0.4 is 5.32 Å². The topological polar surface area (TPSA) is 101 Å². The molecular weight excluding hydrogens is 330 g/mol. The molecule has 7 heteroatoms. The summed E-state index contributed by atoms with van der Waals surface area (Å²) in [5.41, 5.74) is 0.145. The Labute approximate surface area is 142 Å². The van der Waals surface area contributed by atoms with Crippen molar-refractivity contribution in [2.75, 3.05) is 0 Å². The molecule has 0 spiro atoms. The standard InChI is InChI=1S/C17H23NO5S/c1-11(2)24(22,23)15-6-4-3-5-14(15)16(19)18-13-9-7-12(8-10-13)17(20)21/h3-6,11-13H,7-10H2,1-2H3,(H,18,19)(H,20,21). The highest BCUT2D eigenvalue weighted by Crippen LogP contribution is 2.25. The average Bonchev–Trinajstić information content (AvgIpc) is 2.55. The van der Waals surface area contributed by atoms with Crippen molar-refractivity contribution in [2.24, 2.45) is 5.92 Å². The zero-order valence-corrected chi connectivity index (χ0v) is 14.7. The summed E-state index contributed by atoms with van der Waals surface area (Å²) in [7, 11) is -3.55. The maximum absolute atomic E-state index is 12.5. The molecule has 1 saturated carbocycles. The molecule has 1 amide bonds. The third kappa shape index (κ3) is 3.95. The Balaban J connectivity index is 2.13. The molecule has 1 aliphatic carbocycles. The molecule has 2 rings (SSSR count). The Kier molecular flexibility index (Phi) is 5.64. The number of aliphatic carboxylic acids is 1. The minimum Gasteiger partial charge on any atom is -0.481 e. The van der Waals surface area contributed by atoms with Gasteiger partial charge < -0.3 is 10.4 Å². The quantitative estimate of drug-likeness (QED) is 0.845. The van der Waals surface area contributed by atoms with Crippen LogP contribution in [-0.2, 0) is 14.6 Å². The molecule has 24 heavy (non-hydrogen) atoms. The first-order chi connectivity index (χ1) is 11.2. The van der Waals surface area contributed by atoms with E-state index in [0.717, 1.165) is 0 Å². The number of benzene rings is 1. The monoisotopic (exact) mass is 353 g/mol. The Morgan fingerprint density at radius 3 is 2.25 bits per heavy atom. The summed E-state index contributed by atoms with van der Waals surface area (Å²) in [5.74, 6) is -1.58. The maximum Gasteiger partial charge on any atom is 0.306 e. The van der Waals surface area contributed by atoms with Crippen LogP contribution in [0, 0.1) is 5.92 Å². The molecule has 1 aromatic rings. The Morgan fingerprint density at radius 1 is 1.12 bits per heavy atom. The molecule has 0 atom stereocenters. The van der Waals surface area contributed by atoms with Gasteiger partial charge in [0.25, 0.3) is 5.91 Å². The fraction of sp³-hybridized carbons (Fsp3) is 0.529. The lowest BCUT2D eigenvalue weighted by atomic mass is 9.86. The summed E-state index contributed by atoms with van der Waals surface area (Å²) < 4.78 is 24.8. The number of hydrogen-bond donors (Lipinski definition) is 2. The molecule has 0 bridgehead atoms. The summed E-state index contributed by atoms with van der Waals surface area (Å²) in [6.07, 6.45) is 2.21. The highest BCUT2D eigenvalue weighted by atomic mass is 32.2. The third-order valence-electron chi connectivity index (χ3n) is 4.47. The summed E-state index contributed by atoms with van der Waals surface area (Å²) in [4.78, 5) is 23.5. The first-order valence-corrected chi connectivity index (χ1v) is 9.64. The van der Waals surface area contributed by atoms with Gasteiger partial charge in [0.15, 0.2) is 9.84 Å². The molecular formula is C17H23NO5S. The maximum atomic E-state index is 12.5. The molecule has 0 aromatic heterocycles. The number of hydrogen-bond acceptors (Lipinski definition) is 4. The predicted octanol–water partition coefficient (Wildman–Crippen LogP) is 2.24. The summed E-state index contributed by atoms with van der Waals surface area (Å²) in [5, 5.41) is 11.2. The Morgan fingerprint density at radius 2 is 1.71 bits per heavy atom. The highest BCUT2D eigenvalue weighted by molar-refractivity contribution is 7.92. The van der Waals surface area contributed by atoms with Crippen molar-refractivity contribution in [1.82, 2.24) is 5.32 Å². The molecule has 0 saturated heterocycles. The van der Waals surface area contributed by atoms with Crippen LogP contribution in [0.4, 0.5) is 0 Å². The first-order valence-electron chi connectivity index (χ1n) is 8.10. The van der Waals surface area contributed by atoms with Gasteiger partial charge in [0.2, 0.25) is 0 Å². The van der Waals surface area contributed by atoms with Gasteiger partial charge in [0.1, 0.15) is 0 Å². The SMILES string of the molecule is CC(C)S(=O)(=O)c1ccccc1C(=O)NC1CCC(C(=O)O)CC1. The van der Waals surface area contributed by atoms with E-state index in [-0.39, 0.29) is 22.4 Å². The van der Waals surface area contributed by atoms with Gasteiger partial charge in [-0.3, -0.25) is 9.59 Å². The number of nitrogens with one attached hydrogen (secondary N) is 1. The zero-order valence-electron chi connectivity index (χ0n) is 13.9. The van der Waals surface area contributed by atoms with Gasteiger partial charge in [-0.15, -0.1) is 0 Å². The molecule has 0 unspecified atom stereocenters. The van der Waals surface area contributed by atoms with E-state index in [2.05, 4.69) is 5.32 Å². The second-order valence-corrected chi connectivity index (χ2v) is 8.92. The molecule has 0 heterocycles. The third-order valence-corrected chi connectivity index (χ3v) is 6.68. The highest BCUT2D eigenvalue weighted by Gasteiger charge is 2.29. The molecule has 132 valence electrons. The lowest BCUT2D eigenvalue weighted by molar-refractivity contribution is -0.142. The van der Waals surface area contributed by atoms with Crippen molar-refractivity contribution in [3.05, 3.63) is 29.8 Å². The van der Waals surface area contributed by atoms with E-state index in [4.69, 9.17) is 5.11 Å². The fourth-order valence-corrected chi connectivity index (χ4v) is 4.15. The van der Waals surface area contributed by atoms with Crippen molar-refractivity contribution in [2.45, 2.75) is 55.7 Å². The number of carboxylic acid groups (broad SMARTS) is 1. The molecule has 6 nitrogen and oxygen atoms in total. The van der Waals surface area contributed by atoms with Gasteiger partial charge in [-0.25, -0.2) is 8.42 Å². The lowest BCUT2D eigenvalue weighted by Gasteiger charge is -2.27. The van der Waals surface area contributed by atoms with E-state index >= 15 is 0 Å². The van der Waals surface area contributed by atoms with E-state index < -0.39 is 27.0 Å². The fourth-order valence-electron chi connectivity index (χ4n) is 2.90. The lowest BCUT2D eigenvalue weighted by Crippen LogP contribution is -2.39. The minimum absolute atomic E-state index is 0.0386. The van der Waals surface area contributed by atoms with Gasteiger partial charge in [0, 0.05) is 6.04 Å². The van der Waals surface area contributed by atoms with E-state index in [1.54, 1.807) is 26.0 Å². The molecule has 1 aliphatic rings. The molecule has 1 fully saturated rings. The molecule has 1 aromatic carbocycles. The summed E-state index contributed by atoms with van der Waals surface area (Å²) in [6.45, 7) is 3.16. The van der Waals surface area contributed by atoms with Crippen molar-refractivity contribution in [3.63, 3.8) is 0 Å². The van der Waals surface area contributed by atoms with Crippen molar-refractivity contribution >= 4 is 21.7 Å². The molecule has 0 aliphatic heterocycles. The van der Waals surface area contributed by atoms with Gasteiger partial charge >= 0.3 is 5.97 Å². The number of sulfone groups is 1. The Bertz CT molecular complexity index is 718. The Hall–Kier alpha value is -1.89. The van der Waals surface area contributed by atoms with Crippen LogP contribution in [0.3, 0.4) is 0 Å². The summed E-state index contributed by atoms with van der Waals surface area (Å²) >= 11 is 0. The second-order valence-electron chi connectivity index (χ2n) is 6.45. The van der Waals surface area contributed by atoms with Crippen LogP contribution in [-0.4, -0.2) is 36.7 Å². The van der Waals surface area contributed by atoms with Crippen LogP contribution in [0.5, 0.6) is 0 Å². The first kappa shape index (κ1) is 18.4. The van der Waals surface area contributed by atoms with Crippen molar-refractivity contribution in [3.8, 4) is 0 Å². The largest absolute Gasteiger partial charge is 0.481 e. The van der Waals surface area contributed by atoms with E-state index in [1.807, 2.05) is 0 Å². The van der Waals surface area contributed by atoms with Crippen molar-refractivity contribution in [1.29, 1.82) is 0 Å². The van der Waals surface area contributed by atoms with Crippen LogP contribution in [0.15, 0.2) is 29.2 Å². The van der Waals surface area contributed by atoms with Gasteiger partial charge in [-0.2, -0.15) is 0 Å². The number of carbonyl (C=O) groups excluding carboxylic acids is 1. The number of carbonyl (C=O) groups is 2. The minimum atomic E-state index is -3.55. The molecule has 2 N–H and O–H groups in total. The van der Waals surface area contributed by atoms with Gasteiger partial charge in [-0.05, 0) is 51.7 Å². The zero-order chi connectivity index (χ0) is 17.9. The number of rotatable bonds is 5. The number of amides is 1. The van der Waals surface area contributed by atoms with E-state index in [9.17, 15) is 18.0 Å². The number of carboxylic acids is 1. The van der Waals surface area contributed by atoms with Gasteiger partial charge in [-0.1, -0.05) is 12.1 Å². The normalized spacial score (nSPS) is 21.5. The van der Waals surface area contributed by atoms with Crippen LogP contribution in [0.25, 0.3) is 0 Å². The van der Waals surface area contributed by atoms with Gasteiger partial charge in [0.05, 0.1) is 21.6 Å². The summed E-state index contributed by atoms with van der Waals surface area (Å²) in [6, 6.07) is 6.07. The van der Waals surface area contributed by atoms with Crippen LogP contribution in [0.1, 0.15) is 49.9 Å². The van der Waals surface area contributed by atoms with E-state index in [0.29, 0.717) is 25.7 Å². The smallest absolute Gasteiger partial charge is 0.306 e. The second kappa shape index (κ2) is 7.34. The molecule has 0 radical (unpaired) electrons. The van der Waals surface area contributed by atoms with Crippen LogP contribution >= 0.6 is 0 Å². The van der Waals surface area contributed by atoms with E-state index in [1.165, 1.54) is 12.1 Å². The van der Waals surface area contributed by atoms with Crippen molar-refractivity contribution < 1.29 is 23.1 Å². The van der Waals surface area contributed by atoms with Crippen LogP contribution in [0.2, 0.25) is 0 Å². The predicted molar refractivity (Wildman–Crippen MR) is 89.6 cm³/mol. The average molecular weight is 353 g/mol.